The van der Waals surface area contributed by atoms with Crippen molar-refractivity contribution in [1.82, 2.24) is 9.55 Å². The quantitative estimate of drug-likeness (QED) is 0.829. The Morgan fingerprint density at radius 2 is 2.29 bits per heavy atom. The Labute approximate surface area is 126 Å². The van der Waals surface area contributed by atoms with Gasteiger partial charge in [0.2, 0.25) is 5.91 Å². The summed E-state index contributed by atoms with van der Waals surface area (Å²) in [6.07, 6.45) is 1.52. The summed E-state index contributed by atoms with van der Waals surface area (Å²) in [5, 5.41) is 0.613. The fourth-order valence-electron chi connectivity index (χ4n) is 2.12. The summed E-state index contributed by atoms with van der Waals surface area (Å²) in [6, 6.07) is 1.89. The van der Waals surface area contributed by atoms with Gasteiger partial charge in [-0.05, 0) is 12.5 Å². The number of aryl methyl sites for hydroxylation is 1. The molecule has 2 N–H and O–H groups in total. The summed E-state index contributed by atoms with van der Waals surface area (Å²) in [7, 11) is 1.60. The van der Waals surface area contributed by atoms with Gasteiger partial charge in [-0.3, -0.25) is 14.2 Å². The van der Waals surface area contributed by atoms with Crippen LogP contribution in [-0.4, -0.2) is 29.2 Å². The molecule has 0 fully saturated rings. The molecule has 2 aromatic heterocycles. The number of rotatable bonds is 7. The van der Waals surface area contributed by atoms with Crippen molar-refractivity contribution in [2.24, 2.45) is 5.73 Å². The van der Waals surface area contributed by atoms with E-state index in [9.17, 15) is 9.59 Å². The standard InChI is InChI=1S/C14H19N3O3S/c1-3-9-8-10-13(21-9)16-12(5-7-20-2)17(14(10)19)6-4-11(15)18/h8H,3-7H2,1-2H3,(H2,15,18). The number of fused-ring (bicyclic) bond motifs is 1. The normalized spacial score (nSPS) is 11.1. The average Bonchev–Trinajstić information content (AvgIpc) is 2.87. The molecule has 0 unspecified atom stereocenters. The SMILES string of the molecule is CCc1cc2c(=O)n(CCC(N)=O)c(CCOC)nc2s1. The Morgan fingerprint density at radius 1 is 1.52 bits per heavy atom. The van der Waals surface area contributed by atoms with E-state index < -0.39 is 5.91 Å². The molecule has 21 heavy (non-hydrogen) atoms. The van der Waals surface area contributed by atoms with Crippen LogP contribution in [0.4, 0.5) is 0 Å². The molecule has 0 spiro atoms. The van der Waals surface area contributed by atoms with Gasteiger partial charge in [-0.1, -0.05) is 6.92 Å². The van der Waals surface area contributed by atoms with E-state index in [0.717, 1.165) is 16.1 Å². The number of carbonyl (C=O) groups is 1. The van der Waals surface area contributed by atoms with Gasteiger partial charge in [-0.25, -0.2) is 4.98 Å². The fourth-order valence-corrected chi connectivity index (χ4v) is 3.10. The number of ether oxygens (including phenoxy) is 1. The first-order valence-corrected chi connectivity index (χ1v) is 7.67. The molecule has 0 aromatic carbocycles. The highest BCUT2D eigenvalue weighted by Crippen LogP contribution is 2.22. The van der Waals surface area contributed by atoms with E-state index in [1.807, 2.05) is 13.0 Å². The molecule has 7 heteroatoms. The van der Waals surface area contributed by atoms with Crippen LogP contribution in [0.15, 0.2) is 10.9 Å². The molecular weight excluding hydrogens is 290 g/mol. The lowest BCUT2D eigenvalue weighted by Gasteiger charge is -2.11. The maximum Gasteiger partial charge on any atom is 0.262 e. The highest BCUT2D eigenvalue weighted by molar-refractivity contribution is 7.18. The van der Waals surface area contributed by atoms with Crippen molar-refractivity contribution in [3.8, 4) is 0 Å². The van der Waals surface area contributed by atoms with E-state index >= 15 is 0 Å². The van der Waals surface area contributed by atoms with Crippen LogP contribution < -0.4 is 11.3 Å². The highest BCUT2D eigenvalue weighted by atomic mass is 32.1. The van der Waals surface area contributed by atoms with Gasteiger partial charge >= 0.3 is 0 Å². The monoisotopic (exact) mass is 309 g/mol. The van der Waals surface area contributed by atoms with E-state index in [4.69, 9.17) is 10.5 Å². The van der Waals surface area contributed by atoms with Crippen LogP contribution in [0.25, 0.3) is 10.2 Å². The second kappa shape index (κ2) is 6.82. The van der Waals surface area contributed by atoms with Gasteiger partial charge < -0.3 is 10.5 Å². The van der Waals surface area contributed by atoms with Crippen molar-refractivity contribution in [2.45, 2.75) is 32.7 Å². The van der Waals surface area contributed by atoms with E-state index in [2.05, 4.69) is 4.98 Å². The summed E-state index contributed by atoms with van der Waals surface area (Å²) < 4.78 is 6.60. The number of methoxy groups -OCH3 is 1. The summed E-state index contributed by atoms with van der Waals surface area (Å²) >= 11 is 1.54. The molecule has 0 bridgehead atoms. The Balaban J connectivity index is 2.51. The zero-order valence-electron chi connectivity index (χ0n) is 12.2. The Kier molecular flexibility index (Phi) is 5.08. The van der Waals surface area contributed by atoms with Crippen molar-refractivity contribution in [3.63, 3.8) is 0 Å². The third-order valence-electron chi connectivity index (χ3n) is 3.24. The lowest BCUT2D eigenvalue weighted by atomic mass is 10.3. The van der Waals surface area contributed by atoms with Gasteiger partial charge in [-0.2, -0.15) is 0 Å². The van der Waals surface area contributed by atoms with Gasteiger partial charge in [0.15, 0.2) is 0 Å². The summed E-state index contributed by atoms with van der Waals surface area (Å²) in [5.41, 5.74) is 5.07. The van der Waals surface area contributed by atoms with Crippen molar-refractivity contribution in [3.05, 3.63) is 27.1 Å². The van der Waals surface area contributed by atoms with Crippen molar-refractivity contribution in [2.75, 3.05) is 13.7 Å². The first-order valence-electron chi connectivity index (χ1n) is 6.86. The van der Waals surface area contributed by atoms with Crippen LogP contribution in [0.2, 0.25) is 0 Å². The van der Waals surface area contributed by atoms with Gasteiger partial charge in [0.05, 0.1) is 12.0 Å². The highest BCUT2D eigenvalue weighted by Gasteiger charge is 2.14. The predicted molar refractivity (Wildman–Crippen MR) is 82.6 cm³/mol. The third kappa shape index (κ3) is 3.48. The lowest BCUT2D eigenvalue weighted by Crippen LogP contribution is -2.27. The first kappa shape index (κ1) is 15.7. The number of nitrogens with zero attached hydrogens (tertiary/aromatic N) is 2. The minimum absolute atomic E-state index is 0.108. The minimum Gasteiger partial charge on any atom is -0.384 e. The summed E-state index contributed by atoms with van der Waals surface area (Å²) in [6.45, 7) is 2.77. The maximum absolute atomic E-state index is 12.6. The molecular formula is C14H19N3O3S. The largest absolute Gasteiger partial charge is 0.384 e. The Morgan fingerprint density at radius 3 is 2.90 bits per heavy atom. The molecule has 0 saturated carbocycles. The second-order valence-corrected chi connectivity index (χ2v) is 5.84. The number of hydrogen-bond acceptors (Lipinski definition) is 5. The molecule has 2 heterocycles. The first-order chi connectivity index (χ1) is 10.1. The Hall–Kier alpha value is -1.73. The maximum atomic E-state index is 12.6. The zero-order chi connectivity index (χ0) is 15.4. The van der Waals surface area contributed by atoms with Gasteiger partial charge in [0, 0.05) is 31.4 Å². The topological polar surface area (TPSA) is 87.2 Å². The number of hydrogen-bond donors (Lipinski definition) is 1. The molecule has 2 rings (SSSR count). The van der Waals surface area contributed by atoms with Crippen LogP contribution in [0.1, 0.15) is 24.0 Å². The number of carbonyl (C=O) groups excluding carboxylic acids is 1. The smallest absolute Gasteiger partial charge is 0.262 e. The number of aromatic nitrogens is 2. The number of primary amides is 1. The van der Waals surface area contributed by atoms with Gasteiger partial charge in [0.1, 0.15) is 10.7 Å². The molecule has 0 atom stereocenters. The lowest BCUT2D eigenvalue weighted by molar-refractivity contribution is -0.118. The summed E-state index contributed by atoms with van der Waals surface area (Å²) in [4.78, 5) is 30.0. The number of amides is 1. The molecule has 1 amide bonds. The van der Waals surface area contributed by atoms with Crippen LogP contribution in [0.5, 0.6) is 0 Å². The van der Waals surface area contributed by atoms with Crippen molar-refractivity contribution < 1.29 is 9.53 Å². The molecule has 6 nitrogen and oxygen atoms in total. The molecule has 0 saturated heterocycles. The van der Waals surface area contributed by atoms with Crippen molar-refractivity contribution in [1.29, 1.82) is 0 Å². The molecule has 0 aliphatic carbocycles. The van der Waals surface area contributed by atoms with E-state index in [0.29, 0.717) is 24.2 Å². The predicted octanol–water partition coefficient (Wildman–Crippen LogP) is 1.08. The van der Waals surface area contributed by atoms with Gasteiger partial charge in [0.25, 0.3) is 5.56 Å². The van der Waals surface area contributed by atoms with Crippen LogP contribution in [0, 0.1) is 0 Å². The molecule has 114 valence electrons. The molecule has 2 aromatic rings. The fraction of sp³-hybridized carbons (Fsp3) is 0.500. The number of nitrogens with two attached hydrogens (primary N) is 1. The van der Waals surface area contributed by atoms with E-state index in [1.54, 1.807) is 7.11 Å². The third-order valence-corrected chi connectivity index (χ3v) is 4.41. The molecule has 0 radical (unpaired) electrons. The van der Waals surface area contributed by atoms with Crippen LogP contribution in [0.3, 0.4) is 0 Å². The molecule has 0 aliphatic heterocycles. The van der Waals surface area contributed by atoms with E-state index in [1.165, 1.54) is 15.9 Å². The van der Waals surface area contributed by atoms with Crippen LogP contribution in [-0.2, 0) is 28.9 Å². The summed E-state index contributed by atoms with van der Waals surface area (Å²) in [5.74, 6) is 0.208. The van der Waals surface area contributed by atoms with Crippen LogP contribution >= 0.6 is 11.3 Å². The number of thiophene rings is 1. The van der Waals surface area contributed by atoms with E-state index in [-0.39, 0.29) is 18.5 Å². The molecule has 0 aliphatic rings. The zero-order valence-corrected chi connectivity index (χ0v) is 13.0. The minimum atomic E-state index is -0.431. The van der Waals surface area contributed by atoms with Gasteiger partial charge in [-0.15, -0.1) is 11.3 Å². The van der Waals surface area contributed by atoms with Crippen molar-refractivity contribution >= 4 is 27.5 Å². The average molecular weight is 309 g/mol. The Bertz CT molecular complexity index is 705. The second-order valence-electron chi connectivity index (χ2n) is 4.73.